The van der Waals surface area contributed by atoms with Gasteiger partial charge in [-0.05, 0) is 17.7 Å². The summed E-state index contributed by atoms with van der Waals surface area (Å²) in [6.07, 6.45) is -1.78. The lowest BCUT2D eigenvalue weighted by Crippen LogP contribution is -2.57. The number of rotatable bonds is 6. The zero-order chi connectivity index (χ0) is 19.7. The van der Waals surface area contributed by atoms with Crippen molar-refractivity contribution < 1.29 is 32.5 Å². The lowest BCUT2D eigenvalue weighted by molar-refractivity contribution is -0.131. The van der Waals surface area contributed by atoms with Crippen molar-refractivity contribution in [2.75, 3.05) is 33.3 Å². The molecule has 0 aromatic heterocycles. The lowest BCUT2D eigenvalue weighted by Gasteiger charge is -2.43. The summed E-state index contributed by atoms with van der Waals surface area (Å²) in [4.78, 5) is 13.5. The predicted molar refractivity (Wildman–Crippen MR) is 94.2 cm³/mol. The molecule has 0 aliphatic carbocycles. The van der Waals surface area contributed by atoms with Gasteiger partial charge in [-0.2, -0.15) is 0 Å². The molecule has 2 aromatic rings. The monoisotopic (exact) mass is 379 g/mol. The summed E-state index contributed by atoms with van der Waals surface area (Å²) < 4.78 is 49.1. The van der Waals surface area contributed by atoms with E-state index in [1.807, 2.05) is 0 Å². The first kappa shape index (κ1) is 18.8. The average molecular weight is 379 g/mol. The third-order valence-electron chi connectivity index (χ3n) is 4.47. The molecule has 27 heavy (non-hydrogen) atoms. The summed E-state index contributed by atoms with van der Waals surface area (Å²) in [5, 5.41) is 0. The van der Waals surface area contributed by atoms with E-state index >= 15 is 0 Å². The van der Waals surface area contributed by atoms with Crippen molar-refractivity contribution in [1.29, 1.82) is 0 Å². The number of amides is 1. The molecule has 0 radical (unpaired) electrons. The van der Waals surface area contributed by atoms with E-state index in [9.17, 15) is 13.6 Å². The first-order valence-electron chi connectivity index (χ1n) is 8.07. The van der Waals surface area contributed by atoms with E-state index < -0.39 is 23.9 Å². The average Bonchev–Trinajstić information content (AvgIpc) is 2.69. The van der Waals surface area contributed by atoms with Crippen LogP contribution in [0.2, 0.25) is 0 Å². The van der Waals surface area contributed by atoms with E-state index in [0.717, 1.165) is 6.07 Å². The maximum Gasteiger partial charge on any atom is 0.264 e. The third kappa shape index (κ3) is 3.01. The number of hydrogen-bond donors (Lipinski definition) is 0. The Morgan fingerprint density at radius 3 is 1.96 bits per heavy atom. The first-order chi connectivity index (χ1) is 13.0. The molecule has 6 nitrogen and oxygen atoms in total. The third-order valence-corrected chi connectivity index (χ3v) is 4.47. The maximum atomic E-state index is 14.4. The minimum atomic E-state index is -1.78. The Labute approximate surface area is 155 Å². The molecular weight excluding hydrogens is 360 g/mol. The highest BCUT2D eigenvalue weighted by Gasteiger charge is 2.50. The van der Waals surface area contributed by atoms with Crippen molar-refractivity contribution >= 4 is 11.6 Å². The number of ether oxygens (including phenoxy) is 4. The second kappa shape index (κ2) is 7.30. The van der Waals surface area contributed by atoms with Crippen LogP contribution < -0.4 is 23.8 Å². The van der Waals surface area contributed by atoms with Crippen LogP contribution in [0.25, 0.3) is 0 Å². The molecule has 0 saturated carbocycles. The standard InChI is InChI=1S/C19H19F2NO5/c1-24-13-6-5-10(7-12(13)20)17-16(21)19(23)22(17)11-8-14(25-2)18(27-4)15(9-11)26-3/h5-9,16-17H,1-4H3/t16-,17+/m1/s1. The maximum absolute atomic E-state index is 14.4. The van der Waals surface area contributed by atoms with E-state index in [2.05, 4.69) is 0 Å². The molecule has 0 N–H and O–H groups in total. The number of carbonyl (C=O) groups excluding carboxylic acids is 1. The van der Waals surface area contributed by atoms with Crippen molar-refractivity contribution in [3.05, 3.63) is 41.7 Å². The van der Waals surface area contributed by atoms with E-state index in [1.54, 1.807) is 0 Å². The van der Waals surface area contributed by atoms with Crippen molar-refractivity contribution in [3.63, 3.8) is 0 Å². The van der Waals surface area contributed by atoms with Crippen molar-refractivity contribution in [1.82, 2.24) is 0 Å². The van der Waals surface area contributed by atoms with Crippen molar-refractivity contribution in [3.8, 4) is 23.0 Å². The van der Waals surface area contributed by atoms with Gasteiger partial charge in [-0.15, -0.1) is 0 Å². The lowest BCUT2D eigenvalue weighted by atomic mass is 9.90. The molecule has 2 aromatic carbocycles. The Kier molecular flexibility index (Phi) is 5.07. The fraction of sp³-hybridized carbons (Fsp3) is 0.316. The molecule has 1 fully saturated rings. The van der Waals surface area contributed by atoms with E-state index in [-0.39, 0.29) is 5.75 Å². The van der Waals surface area contributed by atoms with Crippen LogP contribution in [0.15, 0.2) is 30.3 Å². The van der Waals surface area contributed by atoms with Gasteiger partial charge in [0.2, 0.25) is 11.9 Å². The Balaban J connectivity index is 2.05. The second-order valence-corrected chi connectivity index (χ2v) is 5.83. The van der Waals surface area contributed by atoms with Gasteiger partial charge in [0.1, 0.15) is 6.04 Å². The fourth-order valence-electron chi connectivity index (χ4n) is 3.13. The molecule has 1 saturated heterocycles. The summed E-state index contributed by atoms with van der Waals surface area (Å²) in [7, 11) is 5.67. The Hall–Kier alpha value is -3.03. The van der Waals surface area contributed by atoms with Crippen molar-refractivity contribution in [2.45, 2.75) is 12.2 Å². The van der Waals surface area contributed by atoms with Gasteiger partial charge in [0.05, 0.1) is 34.1 Å². The van der Waals surface area contributed by atoms with Crippen LogP contribution in [0.3, 0.4) is 0 Å². The summed E-state index contributed by atoms with van der Waals surface area (Å²) in [6, 6.07) is 6.19. The van der Waals surface area contributed by atoms with Gasteiger partial charge in [-0.3, -0.25) is 9.69 Å². The number of nitrogens with zero attached hydrogens (tertiary/aromatic N) is 1. The second-order valence-electron chi connectivity index (χ2n) is 5.83. The van der Waals surface area contributed by atoms with Gasteiger partial charge in [0, 0.05) is 12.1 Å². The zero-order valence-electron chi connectivity index (χ0n) is 15.3. The Morgan fingerprint density at radius 2 is 1.48 bits per heavy atom. The van der Waals surface area contributed by atoms with Crippen LogP contribution in [0.1, 0.15) is 11.6 Å². The van der Waals surface area contributed by atoms with Gasteiger partial charge in [-0.1, -0.05) is 6.07 Å². The van der Waals surface area contributed by atoms with Gasteiger partial charge < -0.3 is 18.9 Å². The van der Waals surface area contributed by atoms with Crippen LogP contribution in [0.5, 0.6) is 23.0 Å². The molecule has 8 heteroatoms. The van der Waals surface area contributed by atoms with E-state index in [0.29, 0.717) is 28.5 Å². The molecule has 0 bridgehead atoms. The Morgan fingerprint density at radius 1 is 0.889 bits per heavy atom. The van der Waals surface area contributed by atoms with Crippen LogP contribution in [-0.4, -0.2) is 40.5 Å². The van der Waals surface area contributed by atoms with Gasteiger partial charge >= 0.3 is 0 Å². The number of alkyl halides is 1. The summed E-state index contributed by atoms with van der Waals surface area (Å²) in [5.74, 6) is -0.333. The molecule has 3 rings (SSSR count). The number of hydrogen-bond acceptors (Lipinski definition) is 5. The minimum Gasteiger partial charge on any atom is -0.494 e. The largest absolute Gasteiger partial charge is 0.494 e. The van der Waals surface area contributed by atoms with Crippen LogP contribution in [0.4, 0.5) is 14.5 Å². The van der Waals surface area contributed by atoms with Gasteiger partial charge in [0.25, 0.3) is 5.91 Å². The molecule has 144 valence electrons. The molecule has 1 amide bonds. The SMILES string of the molecule is COc1ccc([C@H]2[C@@H](F)C(=O)N2c2cc(OC)c(OC)c(OC)c2)cc1F. The molecule has 1 heterocycles. The Bertz CT molecular complexity index is 848. The topological polar surface area (TPSA) is 57.2 Å². The highest BCUT2D eigenvalue weighted by atomic mass is 19.1. The van der Waals surface area contributed by atoms with Crippen LogP contribution in [-0.2, 0) is 4.79 Å². The number of carbonyl (C=O) groups is 1. The van der Waals surface area contributed by atoms with E-state index in [1.165, 1.54) is 57.6 Å². The van der Waals surface area contributed by atoms with Crippen LogP contribution >= 0.6 is 0 Å². The smallest absolute Gasteiger partial charge is 0.264 e. The number of halogens is 2. The highest BCUT2D eigenvalue weighted by Crippen LogP contribution is 2.47. The molecule has 1 aliphatic heterocycles. The number of methoxy groups -OCH3 is 4. The van der Waals surface area contributed by atoms with Crippen LogP contribution in [0, 0.1) is 5.82 Å². The number of benzene rings is 2. The number of anilines is 1. The molecule has 1 aliphatic rings. The minimum absolute atomic E-state index is 0.0409. The zero-order valence-corrected chi connectivity index (χ0v) is 15.3. The molecule has 2 atom stereocenters. The van der Waals surface area contributed by atoms with Crippen molar-refractivity contribution in [2.24, 2.45) is 0 Å². The normalized spacial score (nSPS) is 18.7. The number of β-lactam (4-membered cyclic amide) rings is 1. The molecule has 0 spiro atoms. The predicted octanol–water partition coefficient (Wildman–Crippen LogP) is 3.29. The fourth-order valence-corrected chi connectivity index (χ4v) is 3.13. The van der Waals surface area contributed by atoms with E-state index in [4.69, 9.17) is 18.9 Å². The van der Waals surface area contributed by atoms with Gasteiger partial charge in [0.15, 0.2) is 23.1 Å². The molecular formula is C19H19F2NO5. The quantitative estimate of drug-likeness (QED) is 0.721. The summed E-state index contributed by atoms with van der Waals surface area (Å²) in [5.41, 5.74) is 0.666. The summed E-state index contributed by atoms with van der Waals surface area (Å²) >= 11 is 0. The van der Waals surface area contributed by atoms with Gasteiger partial charge in [-0.25, -0.2) is 8.78 Å². The summed E-state index contributed by atoms with van der Waals surface area (Å²) in [6.45, 7) is 0. The highest BCUT2D eigenvalue weighted by molar-refractivity contribution is 6.05. The first-order valence-corrected chi connectivity index (χ1v) is 8.07. The molecule has 0 unspecified atom stereocenters.